The minimum Gasteiger partial charge on any atom is -0.388 e. The minimum atomic E-state index is -3.88. The van der Waals surface area contributed by atoms with E-state index in [4.69, 9.17) is 0 Å². The summed E-state index contributed by atoms with van der Waals surface area (Å²) in [6.45, 7) is 0.305. The number of anilines is 1. The maximum Gasteiger partial charge on any atom is 0.289 e. The van der Waals surface area contributed by atoms with Crippen molar-refractivity contribution in [3.8, 4) is 0 Å². The number of rotatable bonds is 8. The summed E-state index contributed by atoms with van der Waals surface area (Å²) in [5.74, 6) is 0.733. The predicted octanol–water partition coefficient (Wildman–Crippen LogP) is 2.10. The van der Waals surface area contributed by atoms with Crippen LogP contribution in [0.4, 0.5) is 11.4 Å². The third kappa shape index (κ3) is 4.15. The van der Waals surface area contributed by atoms with Crippen LogP contribution in [0.15, 0.2) is 23.1 Å². The summed E-state index contributed by atoms with van der Waals surface area (Å²) in [5, 5.41) is 13.8. The highest BCUT2D eigenvalue weighted by Gasteiger charge is 2.26. The van der Waals surface area contributed by atoms with Crippen LogP contribution in [-0.2, 0) is 10.0 Å². The van der Waals surface area contributed by atoms with Gasteiger partial charge in [-0.15, -0.1) is 0 Å². The molecular weight excluding hydrogens is 294 g/mol. The molecule has 0 saturated heterocycles. The van der Waals surface area contributed by atoms with Gasteiger partial charge in [0.25, 0.3) is 5.69 Å². The largest absolute Gasteiger partial charge is 0.388 e. The third-order valence-electron chi connectivity index (χ3n) is 3.51. The van der Waals surface area contributed by atoms with Crippen molar-refractivity contribution in [2.45, 2.75) is 30.6 Å². The fourth-order valence-corrected chi connectivity index (χ4v) is 3.39. The first-order valence-electron chi connectivity index (χ1n) is 6.90. The highest BCUT2D eigenvalue weighted by Crippen LogP contribution is 2.33. The number of nitro benzene ring substituents is 1. The van der Waals surface area contributed by atoms with Gasteiger partial charge in [-0.3, -0.25) is 10.1 Å². The molecule has 1 aromatic rings. The Hall–Kier alpha value is -1.67. The fraction of sp³-hybridized carbons (Fsp3) is 0.538. The molecule has 1 aliphatic rings. The van der Waals surface area contributed by atoms with E-state index < -0.39 is 20.6 Å². The van der Waals surface area contributed by atoms with Crippen LogP contribution in [0.2, 0.25) is 0 Å². The van der Waals surface area contributed by atoms with Crippen LogP contribution >= 0.6 is 0 Å². The average molecular weight is 313 g/mol. The van der Waals surface area contributed by atoms with E-state index in [0.717, 1.165) is 18.8 Å². The average Bonchev–Trinajstić information content (AvgIpc) is 3.27. The molecule has 7 nitrogen and oxygen atoms in total. The van der Waals surface area contributed by atoms with Gasteiger partial charge in [0.15, 0.2) is 4.90 Å². The maximum absolute atomic E-state index is 12.2. The SMILES string of the molecule is CNc1ccc([N+](=O)[O-])c(S(=O)(=O)NCCCC2CC2)c1. The van der Waals surface area contributed by atoms with E-state index in [1.54, 1.807) is 7.05 Å². The zero-order valence-corrected chi connectivity index (χ0v) is 12.6. The molecule has 0 radical (unpaired) electrons. The molecule has 0 bridgehead atoms. The van der Waals surface area contributed by atoms with Crippen LogP contribution in [0.5, 0.6) is 0 Å². The van der Waals surface area contributed by atoms with Crippen LogP contribution in [0.1, 0.15) is 25.7 Å². The van der Waals surface area contributed by atoms with Gasteiger partial charge in [-0.25, -0.2) is 13.1 Å². The van der Waals surface area contributed by atoms with Crippen molar-refractivity contribution >= 4 is 21.4 Å². The summed E-state index contributed by atoms with van der Waals surface area (Å²) in [6.07, 6.45) is 4.20. The van der Waals surface area contributed by atoms with Crippen LogP contribution < -0.4 is 10.0 Å². The summed E-state index contributed by atoms with van der Waals surface area (Å²) >= 11 is 0. The molecule has 1 aliphatic carbocycles. The molecule has 0 atom stereocenters. The summed E-state index contributed by atoms with van der Waals surface area (Å²) in [7, 11) is -2.25. The highest BCUT2D eigenvalue weighted by molar-refractivity contribution is 7.89. The first-order valence-corrected chi connectivity index (χ1v) is 8.38. The second kappa shape index (κ2) is 6.40. The smallest absolute Gasteiger partial charge is 0.289 e. The number of nitrogens with zero attached hydrogens (tertiary/aromatic N) is 1. The Morgan fingerprint density at radius 2 is 2.10 bits per heavy atom. The number of hydrogen-bond acceptors (Lipinski definition) is 5. The van der Waals surface area contributed by atoms with Crippen molar-refractivity contribution in [1.29, 1.82) is 0 Å². The number of nitrogens with one attached hydrogen (secondary N) is 2. The van der Waals surface area contributed by atoms with Crippen molar-refractivity contribution in [3.05, 3.63) is 28.3 Å². The zero-order valence-electron chi connectivity index (χ0n) is 11.8. The van der Waals surface area contributed by atoms with Gasteiger partial charge in [0, 0.05) is 25.3 Å². The summed E-state index contributed by atoms with van der Waals surface area (Å²) in [5.41, 5.74) is 0.0997. The predicted molar refractivity (Wildman–Crippen MR) is 79.8 cm³/mol. The first kappa shape index (κ1) is 15.7. The number of benzene rings is 1. The Labute approximate surface area is 123 Å². The van der Waals surface area contributed by atoms with E-state index in [1.807, 2.05) is 0 Å². The molecule has 1 aromatic carbocycles. The lowest BCUT2D eigenvalue weighted by atomic mass is 10.2. The molecule has 21 heavy (non-hydrogen) atoms. The lowest BCUT2D eigenvalue weighted by Gasteiger charge is -2.09. The second-order valence-corrected chi connectivity index (χ2v) is 6.91. The fourth-order valence-electron chi connectivity index (χ4n) is 2.12. The van der Waals surface area contributed by atoms with Gasteiger partial charge in [0.1, 0.15) is 0 Å². The van der Waals surface area contributed by atoms with E-state index in [2.05, 4.69) is 10.0 Å². The van der Waals surface area contributed by atoms with Crippen LogP contribution in [0.3, 0.4) is 0 Å². The van der Waals surface area contributed by atoms with Crippen LogP contribution in [0, 0.1) is 16.0 Å². The summed E-state index contributed by atoms with van der Waals surface area (Å²) < 4.78 is 26.9. The van der Waals surface area contributed by atoms with Gasteiger partial charge in [-0.1, -0.05) is 12.8 Å². The van der Waals surface area contributed by atoms with Crippen molar-refractivity contribution in [1.82, 2.24) is 4.72 Å². The lowest BCUT2D eigenvalue weighted by Crippen LogP contribution is -2.25. The maximum atomic E-state index is 12.2. The first-order chi connectivity index (χ1) is 9.94. The Morgan fingerprint density at radius 1 is 1.38 bits per heavy atom. The topological polar surface area (TPSA) is 101 Å². The molecular formula is C13H19N3O4S. The second-order valence-electron chi connectivity index (χ2n) is 5.17. The normalized spacial score (nSPS) is 14.9. The van der Waals surface area contributed by atoms with Gasteiger partial charge < -0.3 is 5.32 Å². The summed E-state index contributed by atoms with van der Waals surface area (Å²) in [4.78, 5) is 10.0. The van der Waals surface area contributed by atoms with Gasteiger partial charge in [-0.2, -0.15) is 0 Å². The van der Waals surface area contributed by atoms with E-state index >= 15 is 0 Å². The Bertz CT molecular complexity index is 626. The minimum absolute atomic E-state index is 0.300. The van der Waals surface area contributed by atoms with Crippen LogP contribution in [-0.4, -0.2) is 26.9 Å². The molecule has 1 saturated carbocycles. The molecule has 116 valence electrons. The number of nitro groups is 1. The Balaban J connectivity index is 2.13. The molecule has 2 N–H and O–H groups in total. The van der Waals surface area contributed by atoms with Crippen molar-refractivity contribution in [2.24, 2.45) is 5.92 Å². The van der Waals surface area contributed by atoms with Gasteiger partial charge >= 0.3 is 0 Å². The molecule has 0 heterocycles. The molecule has 8 heteroatoms. The van der Waals surface area contributed by atoms with E-state index in [0.29, 0.717) is 12.2 Å². The highest BCUT2D eigenvalue weighted by atomic mass is 32.2. The Kier molecular flexibility index (Phi) is 4.79. The Morgan fingerprint density at radius 3 is 2.67 bits per heavy atom. The standard InChI is InChI=1S/C13H19N3O4S/c1-14-11-6-7-12(16(17)18)13(9-11)21(19,20)15-8-2-3-10-4-5-10/h6-7,9-10,14-15H,2-5,8H2,1H3. The molecule has 0 unspecified atom stereocenters. The van der Waals surface area contributed by atoms with Crippen molar-refractivity contribution in [3.63, 3.8) is 0 Å². The monoisotopic (exact) mass is 313 g/mol. The van der Waals surface area contributed by atoms with Crippen molar-refractivity contribution in [2.75, 3.05) is 18.9 Å². The molecule has 1 fully saturated rings. The van der Waals surface area contributed by atoms with E-state index in [9.17, 15) is 18.5 Å². The molecule has 2 rings (SSSR count). The van der Waals surface area contributed by atoms with Gasteiger partial charge in [0.05, 0.1) is 4.92 Å². The molecule has 0 spiro atoms. The number of sulfonamides is 1. The number of hydrogen-bond donors (Lipinski definition) is 2. The van der Waals surface area contributed by atoms with Gasteiger partial charge in [-0.05, 0) is 30.9 Å². The molecule has 0 aliphatic heterocycles. The molecule has 0 aromatic heterocycles. The van der Waals surface area contributed by atoms with Gasteiger partial charge in [0.2, 0.25) is 10.0 Å². The van der Waals surface area contributed by atoms with E-state index in [-0.39, 0.29) is 4.90 Å². The zero-order chi connectivity index (χ0) is 15.5. The van der Waals surface area contributed by atoms with Crippen molar-refractivity contribution < 1.29 is 13.3 Å². The lowest BCUT2D eigenvalue weighted by molar-refractivity contribution is -0.387. The molecule has 0 amide bonds. The third-order valence-corrected chi connectivity index (χ3v) is 5.00. The summed E-state index contributed by atoms with van der Waals surface area (Å²) in [6, 6.07) is 3.95. The van der Waals surface area contributed by atoms with Crippen LogP contribution in [0.25, 0.3) is 0 Å². The quantitative estimate of drug-likeness (QED) is 0.435. The van der Waals surface area contributed by atoms with E-state index in [1.165, 1.54) is 31.0 Å².